The van der Waals surface area contributed by atoms with Gasteiger partial charge in [0.05, 0.1) is 5.56 Å². The Labute approximate surface area is 106 Å². The molecule has 4 heteroatoms. The van der Waals surface area contributed by atoms with Crippen molar-refractivity contribution in [1.29, 1.82) is 0 Å². The van der Waals surface area contributed by atoms with Crippen molar-refractivity contribution in [1.82, 2.24) is 5.32 Å². The van der Waals surface area contributed by atoms with Gasteiger partial charge in [0.15, 0.2) is 0 Å². The van der Waals surface area contributed by atoms with Crippen molar-refractivity contribution in [3.8, 4) is 0 Å². The standard InChI is InChI=1S/C11H11Br2NO/c1-6-4-8(10(13)9(12)5-6)11(15)14-7-2-3-7/h4-5,7H,2-3H2,1H3,(H,14,15). The minimum Gasteiger partial charge on any atom is -0.349 e. The number of aryl methyl sites for hydroxylation is 1. The average molecular weight is 333 g/mol. The van der Waals surface area contributed by atoms with Crippen molar-refractivity contribution in [3.63, 3.8) is 0 Å². The maximum atomic E-state index is 11.9. The summed E-state index contributed by atoms with van der Waals surface area (Å²) >= 11 is 6.84. The lowest BCUT2D eigenvalue weighted by molar-refractivity contribution is 0.0950. The Hall–Kier alpha value is -0.350. The molecule has 0 atom stereocenters. The molecule has 2 rings (SSSR count). The van der Waals surface area contributed by atoms with Gasteiger partial charge in [0.1, 0.15) is 0 Å². The van der Waals surface area contributed by atoms with E-state index < -0.39 is 0 Å². The number of carbonyl (C=O) groups excluding carboxylic acids is 1. The molecule has 1 fully saturated rings. The molecule has 2 nitrogen and oxygen atoms in total. The summed E-state index contributed by atoms with van der Waals surface area (Å²) in [6, 6.07) is 4.27. The molecule has 0 aliphatic heterocycles. The quantitative estimate of drug-likeness (QED) is 0.883. The molecule has 1 aliphatic rings. The van der Waals surface area contributed by atoms with Gasteiger partial charge in [-0.1, -0.05) is 0 Å². The lowest BCUT2D eigenvalue weighted by Crippen LogP contribution is -2.25. The normalized spacial score (nSPS) is 15.1. The molecule has 0 spiro atoms. The van der Waals surface area contributed by atoms with E-state index in [-0.39, 0.29) is 5.91 Å². The lowest BCUT2D eigenvalue weighted by Gasteiger charge is -2.08. The minimum absolute atomic E-state index is 0.00813. The summed E-state index contributed by atoms with van der Waals surface area (Å²) < 4.78 is 1.75. The summed E-state index contributed by atoms with van der Waals surface area (Å²) in [6.45, 7) is 1.98. The van der Waals surface area contributed by atoms with Gasteiger partial charge in [0.2, 0.25) is 0 Å². The van der Waals surface area contributed by atoms with Crippen molar-refractivity contribution in [3.05, 3.63) is 32.2 Å². The molecule has 15 heavy (non-hydrogen) atoms. The van der Waals surface area contributed by atoms with Gasteiger partial charge in [-0.25, -0.2) is 0 Å². The third-order valence-electron chi connectivity index (χ3n) is 2.33. The van der Waals surface area contributed by atoms with Gasteiger partial charge in [0, 0.05) is 15.0 Å². The fraction of sp³-hybridized carbons (Fsp3) is 0.364. The van der Waals surface area contributed by atoms with Crippen molar-refractivity contribution in [2.45, 2.75) is 25.8 Å². The second-order valence-corrected chi connectivity index (χ2v) is 5.50. The summed E-state index contributed by atoms with van der Waals surface area (Å²) in [4.78, 5) is 11.9. The van der Waals surface area contributed by atoms with Crippen LogP contribution >= 0.6 is 31.9 Å². The first-order valence-electron chi connectivity index (χ1n) is 4.84. The Morgan fingerprint density at radius 1 is 1.40 bits per heavy atom. The van der Waals surface area contributed by atoms with Gasteiger partial charge in [-0.3, -0.25) is 4.79 Å². The highest BCUT2D eigenvalue weighted by atomic mass is 79.9. The predicted molar refractivity (Wildman–Crippen MR) is 67.1 cm³/mol. The second kappa shape index (κ2) is 4.26. The van der Waals surface area contributed by atoms with E-state index in [0.29, 0.717) is 11.6 Å². The fourth-order valence-corrected chi connectivity index (χ4v) is 2.36. The minimum atomic E-state index is 0.00813. The van der Waals surface area contributed by atoms with Crippen LogP contribution in [0.3, 0.4) is 0 Å². The molecule has 1 aromatic rings. The van der Waals surface area contributed by atoms with E-state index in [9.17, 15) is 4.79 Å². The molecule has 0 aromatic heterocycles. The van der Waals surface area contributed by atoms with Crippen LogP contribution in [0, 0.1) is 6.92 Å². The van der Waals surface area contributed by atoms with E-state index in [2.05, 4.69) is 37.2 Å². The number of nitrogens with one attached hydrogen (secondary N) is 1. The summed E-state index contributed by atoms with van der Waals surface area (Å²) in [6.07, 6.45) is 2.21. The highest BCUT2D eigenvalue weighted by Crippen LogP contribution is 2.29. The SMILES string of the molecule is Cc1cc(Br)c(Br)c(C(=O)NC2CC2)c1. The topological polar surface area (TPSA) is 29.1 Å². The third kappa shape index (κ3) is 2.61. The van der Waals surface area contributed by atoms with Crippen LogP contribution in [0.1, 0.15) is 28.8 Å². The second-order valence-electron chi connectivity index (χ2n) is 3.86. The Morgan fingerprint density at radius 3 is 2.67 bits per heavy atom. The number of hydrogen-bond donors (Lipinski definition) is 1. The summed E-state index contributed by atoms with van der Waals surface area (Å²) in [7, 11) is 0. The molecule has 1 aliphatic carbocycles. The molecule has 1 aromatic carbocycles. The Balaban J connectivity index is 2.28. The molecule has 1 saturated carbocycles. The number of rotatable bonds is 2. The number of amides is 1. The van der Waals surface area contributed by atoms with Crippen LogP contribution in [0.2, 0.25) is 0 Å². The molecule has 0 heterocycles. The van der Waals surface area contributed by atoms with E-state index in [1.165, 1.54) is 0 Å². The first-order chi connectivity index (χ1) is 7.08. The van der Waals surface area contributed by atoms with Crippen molar-refractivity contribution >= 4 is 37.8 Å². The Kier molecular flexibility index (Phi) is 3.16. The van der Waals surface area contributed by atoms with Gasteiger partial charge in [-0.15, -0.1) is 0 Å². The van der Waals surface area contributed by atoms with Crippen LogP contribution < -0.4 is 5.32 Å². The van der Waals surface area contributed by atoms with Crippen LogP contribution in [0.25, 0.3) is 0 Å². The molecular formula is C11H11Br2NO. The molecule has 1 N–H and O–H groups in total. The van der Waals surface area contributed by atoms with Crippen LogP contribution in [0.5, 0.6) is 0 Å². The van der Waals surface area contributed by atoms with Gasteiger partial charge in [-0.05, 0) is 69.3 Å². The van der Waals surface area contributed by atoms with E-state index in [0.717, 1.165) is 27.4 Å². The zero-order valence-electron chi connectivity index (χ0n) is 8.31. The van der Waals surface area contributed by atoms with Crippen molar-refractivity contribution in [2.75, 3.05) is 0 Å². The van der Waals surface area contributed by atoms with E-state index >= 15 is 0 Å². The summed E-state index contributed by atoms with van der Waals surface area (Å²) in [5.41, 5.74) is 1.78. The average Bonchev–Trinajstić information content (AvgIpc) is 2.94. The number of carbonyl (C=O) groups is 1. The smallest absolute Gasteiger partial charge is 0.252 e. The molecular weight excluding hydrogens is 322 g/mol. The van der Waals surface area contributed by atoms with Gasteiger partial charge in [0.25, 0.3) is 5.91 Å². The first-order valence-corrected chi connectivity index (χ1v) is 6.43. The van der Waals surface area contributed by atoms with Crippen molar-refractivity contribution < 1.29 is 4.79 Å². The van der Waals surface area contributed by atoms with Crippen molar-refractivity contribution in [2.24, 2.45) is 0 Å². The zero-order valence-corrected chi connectivity index (χ0v) is 11.5. The molecule has 0 saturated heterocycles. The fourth-order valence-electron chi connectivity index (χ4n) is 1.38. The highest BCUT2D eigenvalue weighted by molar-refractivity contribution is 9.13. The van der Waals surface area contributed by atoms with Crippen LogP contribution in [0.4, 0.5) is 0 Å². The number of hydrogen-bond acceptors (Lipinski definition) is 1. The van der Waals surface area contributed by atoms with E-state index in [4.69, 9.17) is 0 Å². The largest absolute Gasteiger partial charge is 0.349 e. The molecule has 80 valence electrons. The van der Waals surface area contributed by atoms with Crippen LogP contribution in [-0.4, -0.2) is 11.9 Å². The molecule has 0 bridgehead atoms. The molecule has 1 amide bonds. The van der Waals surface area contributed by atoms with E-state index in [1.807, 2.05) is 19.1 Å². The molecule has 0 unspecified atom stereocenters. The highest BCUT2D eigenvalue weighted by Gasteiger charge is 2.25. The maximum absolute atomic E-state index is 11.9. The monoisotopic (exact) mass is 331 g/mol. The van der Waals surface area contributed by atoms with Gasteiger partial charge < -0.3 is 5.32 Å². The number of benzene rings is 1. The Morgan fingerprint density at radius 2 is 2.07 bits per heavy atom. The van der Waals surface area contributed by atoms with E-state index in [1.54, 1.807) is 0 Å². The zero-order chi connectivity index (χ0) is 11.0. The first kappa shape index (κ1) is 11.1. The van der Waals surface area contributed by atoms with Crippen LogP contribution in [0.15, 0.2) is 21.1 Å². The predicted octanol–water partition coefficient (Wildman–Crippen LogP) is 3.41. The Bertz CT molecular complexity index is 413. The lowest BCUT2D eigenvalue weighted by atomic mass is 10.1. The van der Waals surface area contributed by atoms with Gasteiger partial charge >= 0.3 is 0 Å². The molecule has 0 radical (unpaired) electrons. The van der Waals surface area contributed by atoms with Gasteiger partial charge in [-0.2, -0.15) is 0 Å². The van der Waals surface area contributed by atoms with Crippen LogP contribution in [-0.2, 0) is 0 Å². The summed E-state index contributed by atoms with van der Waals surface area (Å²) in [5, 5.41) is 2.98. The number of halogens is 2. The summed E-state index contributed by atoms with van der Waals surface area (Å²) in [5.74, 6) is 0.00813. The maximum Gasteiger partial charge on any atom is 0.252 e. The third-order valence-corrected chi connectivity index (χ3v) is 4.34.